The summed E-state index contributed by atoms with van der Waals surface area (Å²) in [7, 11) is 0. The van der Waals surface area contributed by atoms with Crippen molar-refractivity contribution in [3.8, 4) is 22.6 Å². The van der Waals surface area contributed by atoms with Gasteiger partial charge in [0.2, 0.25) is 0 Å². The molecule has 2 aromatic rings. The second kappa shape index (κ2) is 5.04. The third-order valence-corrected chi connectivity index (χ3v) is 3.19. The summed E-state index contributed by atoms with van der Waals surface area (Å²) in [6, 6.07) is 4.42. The number of phenolic OH excluding ortho intramolecular Hbond substituents is 1. The molecular weight excluding hydrogens is 297 g/mol. The van der Waals surface area contributed by atoms with E-state index in [9.17, 15) is 23.1 Å². The van der Waals surface area contributed by atoms with Crippen LogP contribution in [0, 0.1) is 0 Å². The van der Waals surface area contributed by atoms with Crippen LogP contribution in [0.15, 0.2) is 29.6 Å². The fraction of sp³-hybridized carbons (Fsp3) is 0.0833. The van der Waals surface area contributed by atoms with E-state index in [0.29, 0.717) is 5.56 Å². The minimum atomic E-state index is -4.87. The van der Waals surface area contributed by atoms with E-state index in [1.807, 2.05) is 0 Å². The van der Waals surface area contributed by atoms with E-state index in [1.165, 1.54) is 17.5 Å². The van der Waals surface area contributed by atoms with Crippen molar-refractivity contribution >= 4 is 17.3 Å². The second-order valence-corrected chi connectivity index (χ2v) is 4.68. The summed E-state index contributed by atoms with van der Waals surface area (Å²) < 4.78 is 40.1. The van der Waals surface area contributed by atoms with Gasteiger partial charge < -0.3 is 14.9 Å². The fourth-order valence-electron chi connectivity index (χ4n) is 1.54. The van der Waals surface area contributed by atoms with Crippen LogP contribution in [-0.4, -0.2) is 22.5 Å². The number of carbonyl (C=O) groups is 1. The Labute approximate surface area is 114 Å². The van der Waals surface area contributed by atoms with Gasteiger partial charge in [-0.05, 0) is 34.7 Å². The third-order valence-electron chi connectivity index (χ3n) is 2.27. The molecule has 20 heavy (non-hydrogen) atoms. The molecule has 0 aliphatic rings. The summed E-state index contributed by atoms with van der Waals surface area (Å²) >= 11 is 0.933. The van der Waals surface area contributed by atoms with E-state index in [-0.39, 0.29) is 10.4 Å². The maximum atomic E-state index is 12.1. The Morgan fingerprint density at radius 3 is 2.40 bits per heavy atom. The predicted octanol–water partition coefficient (Wildman–Crippen LogP) is 3.72. The van der Waals surface area contributed by atoms with Crippen LogP contribution in [0.2, 0.25) is 0 Å². The van der Waals surface area contributed by atoms with E-state index in [0.717, 1.165) is 23.5 Å². The van der Waals surface area contributed by atoms with Crippen molar-refractivity contribution in [2.45, 2.75) is 6.36 Å². The topological polar surface area (TPSA) is 66.8 Å². The van der Waals surface area contributed by atoms with Gasteiger partial charge in [-0.3, -0.25) is 0 Å². The number of ether oxygens (including phenoxy) is 1. The Morgan fingerprint density at radius 1 is 1.15 bits per heavy atom. The van der Waals surface area contributed by atoms with Crippen LogP contribution in [0.3, 0.4) is 0 Å². The van der Waals surface area contributed by atoms with E-state index < -0.39 is 23.8 Å². The molecule has 0 aliphatic carbocycles. The molecule has 4 nitrogen and oxygen atoms in total. The lowest BCUT2D eigenvalue weighted by Crippen LogP contribution is -2.17. The number of thiophene rings is 1. The highest BCUT2D eigenvalue weighted by Gasteiger charge is 2.31. The standard InChI is InChI=1S/C12H7F3O4S/c13-12(14,15)19-9-2-6(1-8(16)4-9)7-3-10(11(17)18)20-5-7/h1-5,16H,(H,17,18). The van der Waals surface area contributed by atoms with Crippen LogP contribution in [0.25, 0.3) is 11.1 Å². The average molecular weight is 304 g/mol. The molecule has 0 saturated heterocycles. The Morgan fingerprint density at radius 2 is 1.85 bits per heavy atom. The molecule has 0 saturated carbocycles. The molecule has 0 amide bonds. The molecule has 0 aliphatic heterocycles. The Hall–Kier alpha value is -2.22. The van der Waals surface area contributed by atoms with Crippen molar-refractivity contribution in [1.29, 1.82) is 0 Å². The number of aromatic carboxylic acids is 1. The molecule has 0 spiro atoms. The fourth-order valence-corrected chi connectivity index (χ4v) is 2.30. The van der Waals surface area contributed by atoms with Crippen LogP contribution >= 0.6 is 11.3 Å². The van der Waals surface area contributed by atoms with Crippen molar-refractivity contribution < 1.29 is 32.9 Å². The van der Waals surface area contributed by atoms with Gasteiger partial charge in [-0.15, -0.1) is 24.5 Å². The summed E-state index contributed by atoms with van der Waals surface area (Å²) in [5, 5.41) is 19.7. The minimum Gasteiger partial charge on any atom is -0.508 e. The molecule has 0 bridgehead atoms. The molecule has 0 atom stereocenters. The van der Waals surface area contributed by atoms with Crippen LogP contribution in [-0.2, 0) is 0 Å². The average Bonchev–Trinajstić information content (AvgIpc) is 2.74. The summed E-state index contributed by atoms with van der Waals surface area (Å²) in [6.07, 6.45) is -4.87. The first-order valence-corrected chi connectivity index (χ1v) is 6.04. The van der Waals surface area contributed by atoms with Gasteiger partial charge in [-0.25, -0.2) is 4.79 Å². The zero-order valence-corrected chi connectivity index (χ0v) is 10.5. The third kappa shape index (κ3) is 3.41. The maximum absolute atomic E-state index is 12.1. The maximum Gasteiger partial charge on any atom is 0.573 e. The first-order chi connectivity index (χ1) is 9.24. The summed E-state index contributed by atoms with van der Waals surface area (Å²) in [5.74, 6) is -2.12. The number of hydrogen-bond acceptors (Lipinski definition) is 4. The van der Waals surface area contributed by atoms with E-state index >= 15 is 0 Å². The zero-order valence-electron chi connectivity index (χ0n) is 9.64. The van der Waals surface area contributed by atoms with Gasteiger partial charge in [-0.1, -0.05) is 0 Å². The van der Waals surface area contributed by atoms with Crippen LogP contribution in [0.1, 0.15) is 9.67 Å². The molecule has 8 heteroatoms. The van der Waals surface area contributed by atoms with Gasteiger partial charge in [0, 0.05) is 6.07 Å². The number of halogens is 3. The lowest BCUT2D eigenvalue weighted by molar-refractivity contribution is -0.274. The molecule has 1 aromatic heterocycles. The summed E-state index contributed by atoms with van der Waals surface area (Å²) in [5.41, 5.74) is 0.614. The first-order valence-electron chi connectivity index (χ1n) is 5.16. The lowest BCUT2D eigenvalue weighted by Gasteiger charge is -2.10. The first kappa shape index (κ1) is 14.2. The van der Waals surface area contributed by atoms with Gasteiger partial charge in [0.05, 0.1) is 0 Å². The highest BCUT2D eigenvalue weighted by molar-refractivity contribution is 7.12. The van der Waals surface area contributed by atoms with Gasteiger partial charge in [0.1, 0.15) is 16.4 Å². The number of benzene rings is 1. The smallest absolute Gasteiger partial charge is 0.508 e. The van der Waals surface area contributed by atoms with Crippen molar-refractivity contribution in [1.82, 2.24) is 0 Å². The Balaban J connectivity index is 2.38. The zero-order chi connectivity index (χ0) is 14.9. The van der Waals surface area contributed by atoms with Gasteiger partial charge >= 0.3 is 12.3 Å². The molecular formula is C12H7F3O4S. The molecule has 0 radical (unpaired) electrons. The predicted molar refractivity (Wildman–Crippen MR) is 65.1 cm³/mol. The molecule has 0 unspecified atom stereocenters. The number of rotatable bonds is 3. The van der Waals surface area contributed by atoms with Crippen molar-refractivity contribution in [3.63, 3.8) is 0 Å². The van der Waals surface area contributed by atoms with Crippen LogP contribution < -0.4 is 4.74 Å². The number of aromatic hydroxyl groups is 1. The summed E-state index contributed by atoms with van der Waals surface area (Å²) in [6.45, 7) is 0. The molecule has 2 N–H and O–H groups in total. The Bertz CT molecular complexity index is 648. The molecule has 1 heterocycles. The molecule has 0 fully saturated rings. The van der Waals surface area contributed by atoms with Gasteiger partial charge in [0.25, 0.3) is 0 Å². The van der Waals surface area contributed by atoms with Crippen LogP contribution in [0.4, 0.5) is 13.2 Å². The van der Waals surface area contributed by atoms with Crippen molar-refractivity contribution in [3.05, 3.63) is 34.5 Å². The monoisotopic (exact) mass is 304 g/mol. The van der Waals surface area contributed by atoms with Gasteiger partial charge in [0.15, 0.2) is 0 Å². The Kier molecular flexibility index (Phi) is 3.58. The van der Waals surface area contributed by atoms with E-state index in [2.05, 4.69) is 4.74 Å². The minimum absolute atomic E-state index is 0.0432. The molecule has 1 aromatic carbocycles. The largest absolute Gasteiger partial charge is 0.573 e. The SMILES string of the molecule is O=C(O)c1cc(-c2cc(O)cc(OC(F)(F)F)c2)cs1. The van der Waals surface area contributed by atoms with Gasteiger partial charge in [-0.2, -0.15) is 0 Å². The number of carboxylic acids is 1. The normalized spacial score (nSPS) is 11.3. The van der Waals surface area contributed by atoms with E-state index in [4.69, 9.17) is 5.11 Å². The van der Waals surface area contributed by atoms with Crippen molar-refractivity contribution in [2.24, 2.45) is 0 Å². The van der Waals surface area contributed by atoms with Crippen LogP contribution in [0.5, 0.6) is 11.5 Å². The summed E-state index contributed by atoms with van der Waals surface area (Å²) in [4.78, 5) is 10.8. The second-order valence-electron chi connectivity index (χ2n) is 3.77. The highest BCUT2D eigenvalue weighted by Crippen LogP contribution is 2.34. The highest BCUT2D eigenvalue weighted by atomic mass is 32.1. The number of hydrogen-bond donors (Lipinski definition) is 2. The quantitative estimate of drug-likeness (QED) is 0.907. The molecule has 106 valence electrons. The number of phenols is 1. The molecule has 2 rings (SSSR count). The number of carboxylic acid groups (broad SMARTS) is 1. The van der Waals surface area contributed by atoms with E-state index in [1.54, 1.807) is 0 Å². The number of alkyl halides is 3. The van der Waals surface area contributed by atoms with Crippen molar-refractivity contribution in [2.75, 3.05) is 0 Å². The lowest BCUT2D eigenvalue weighted by atomic mass is 10.1.